The number of pyridine rings is 1. The average Bonchev–Trinajstić information content (AvgIpc) is 2.72. The van der Waals surface area contributed by atoms with E-state index in [0.717, 1.165) is 0 Å². The lowest BCUT2D eigenvalue weighted by Crippen LogP contribution is -2.32. The van der Waals surface area contributed by atoms with Crippen LogP contribution in [0.15, 0.2) is 53.3 Å². The highest BCUT2D eigenvalue weighted by molar-refractivity contribution is 6.31. The van der Waals surface area contributed by atoms with Crippen LogP contribution in [0.25, 0.3) is 16.6 Å². The van der Waals surface area contributed by atoms with Crippen LogP contribution in [0.5, 0.6) is 0 Å². The Labute approximate surface area is 173 Å². The quantitative estimate of drug-likeness (QED) is 0.648. The molecule has 0 aliphatic carbocycles. The molecule has 0 atom stereocenters. The molecule has 0 saturated carbocycles. The second kappa shape index (κ2) is 8.49. The van der Waals surface area contributed by atoms with Gasteiger partial charge in [0.15, 0.2) is 5.43 Å². The minimum Gasteiger partial charge on any atom is -0.464 e. The van der Waals surface area contributed by atoms with Crippen molar-refractivity contribution in [2.24, 2.45) is 5.92 Å². The molecule has 0 aliphatic heterocycles. The smallest absolute Gasteiger partial charge is 0.355 e. The number of carbonyl (C=O) groups excluding carboxylic acids is 2. The minimum absolute atomic E-state index is 0.0579. The molecular weight excluding hydrogens is 392 g/mol. The average molecular weight is 413 g/mol. The lowest BCUT2D eigenvalue weighted by Gasteiger charge is -2.20. The van der Waals surface area contributed by atoms with Crippen LogP contribution in [-0.2, 0) is 16.1 Å². The SMILES string of the molecule is COC(=O)c1c(CNC(=O)C(C)C)c(=O)c2ccc(Cl)cc2n1-c1ccccc1. The van der Waals surface area contributed by atoms with Gasteiger partial charge in [0.05, 0.1) is 18.2 Å². The first-order chi connectivity index (χ1) is 13.8. The lowest BCUT2D eigenvalue weighted by molar-refractivity contribution is -0.124. The fraction of sp³-hybridized carbons (Fsp3) is 0.227. The van der Waals surface area contributed by atoms with Gasteiger partial charge in [0.2, 0.25) is 5.91 Å². The number of esters is 1. The van der Waals surface area contributed by atoms with Gasteiger partial charge in [-0.1, -0.05) is 43.6 Å². The maximum Gasteiger partial charge on any atom is 0.355 e. The highest BCUT2D eigenvalue weighted by atomic mass is 35.5. The van der Waals surface area contributed by atoms with Gasteiger partial charge < -0.3 is 14.6 Å². The molecule has 0 unspecified atom stereocenters. The van der Waals surface area contributed by atoms with Crippen LogP contribution in [0.4, 0.5) is 0 Å². The molecule has 7 heteroatoms. The Balaban J connectivity index is 2.39. The normalized spacial score (nSPS) is 10.9. The summed E-state index contributed by atoms with van der Waals surface area (Å²) in [7, 11) is 1.25. The zero-order valence-corrected chi connectivity index (χ0v) is 17.1. The Morgan fingerprint density at radius 1 is 1.14 bits per heavy atom. The Morgan fingerprint density at radius 2 is 1.83 bits per heavy atom. The second-order valence-electron chi connectivity index (χ2n) is 6.85. The Morgan fingerprint density at radius 3 is 2.45 bits per heavy atom. The number of hydrogen-bond donors (Lipinski definition) is 1. The summed E-state index contributed by atoms with van der Waals surface area (Å²) in [6, 6.07) is 14.0. The summed E-state index contributed by atoms with van der Waals surface area (Å²) < 4.78 is 6.63. The Bertz CT molecular complexity index is 1140. The number of halogens is 1. The first-order valence-corrected chi connectivity index (χ1v) is 9.51. The van der Waals surface area contributed by atoms with Crippen molar-refractivity contribution in [1.82, 2.24) is 9.88 Å². The number of nitrogens with one attached hydrogen (secondary N) is 1. The number of amides is 1. The first kappa shape index (κ1) is 20.6. The summed E-state index contributed by atoms with van der Waals surface area (Å²) in [6.07, 6.45) is 0. The number of ether oxygens (including phenoxy) is 1. The van der Waals surface area contributed by atoms with Gasteiger partial charge in [-0.2, -0.15) is 0 Å². The van der Waals surface area contributed by atoms with Crippen molar-refractivity contribution in [3.63, 3.8) is 0 Å². The van der Waals surface area contributed by atoms with Gasteiger partial charge in [0.25, 0.3) is 0 Å². The Kier molecular flexibility index (Phi) is 6.03. The van der Waals surface area contributed by atoms with E-state index in [0.29, 0.717) is 21.6 Å². The van der Waals surface area contributed by atoms with Crippen molar-refractivity contribution in [3.05, 3.63) is 75.0 Å². The van der Waals surface area contributed by atoms with Gasteiger partial charge in [-0.05, 0) is 30.3 Å². The van der Waals surface area contributed by atoms with Crippen LogP contribution in [0.3, 0.4) is 0 Å². The number of para-hydroxylation sites is 1. The summed E-state index contributed by atoms with van der Waals surface area (Å²) in [6.45, 7) is 3.41. The van der Waals surface area contributed by atoms with Gasteiger partial charge in [-0.15, -0.1) is 0 Å². The predicted octanol–water partition coefficient (Wildman–Crippen LogP) is 3.70. The number of carbonyl (C=O) groups is 2. The maximum absolute atomic E-state index is 13.2. The van der Waals surface area contributed by atoms with Crippen molar-refractivity contribution in [3.8, 4) is 5.69 Å². The number of fused-ring (bicyclic) bond motifs is 1. The van der Waals surface area contributed by atoms with Crippen molar-refractivity contribution >= 4 is 34.4 Å². The molecule has 0 fully saturated rings. The molecule has 0 saturated heterocycles. The van der Waals surface area contributed by atoms with Gasteiger partial charge in [-0.25, -0.2) is 4.79 Å². The van der Waals surface area contributed by atoms with E-state index < -0.39 is 5.97 Å². The molecule has 3 aromatic rings. The van der Waals surface area contributed by atoms with E-state index in [1.807, 2.05) is 30.3 Å². The molecule has 1 amide bonds. The van der Waals surface area contributed by atoms with Gasteiger partial charge in [0.1, 0.15) is 5.69 Å². The number of rotatable bonds is 5. The number of nitrogens with zero attached hydrogens (tertiary/aromatic N) is 1. The van der Waals surface area contributed by atoms with E-state index in [2.05, 4.69) is 5.32 Å². The van der Waals surface area contributed by atoms with Crippen molar-refractivity contribution in [2.75, 3.05) is 7.11 Å². The van der Waals surface area contributed by atoms with Crippen molar-refractivity contribution < 1.29 is 14.3 Å². The number of hydrogen-bond acceptors (Lipinski definition) is 4. The molecule has 0 radical (unpaired) electrons. The highest BCUT2D eigenvalue weighted by Gasteiger charge is 2.24. The third kappa shape index (κ3) is 4.03. The largest absolute Gasteiger partial charge is 0.464 e. The summed E-state index contributed by atoms with van der Waals surface area (Å²) in [4.78, 5) is 38.1. The first-order valence-electron chi connectivity index (χ1n) is 9.13. The molecule has 0 bridgehead atoms. The molecule has 6 nitrogen and oxygen atoms in total. The fourth-order valence-corrected chi connectivity index (χ4v) is 3.27. The standard InChI is InChI=1S/C22H21ClN2O4/c1-13(2)21(27)24-12-17-19(22(28)29-3)25(15-7-5-4-6-8-15)18-11-14(23)9-10-16(18)20(17)26/h4-11,13H,12H2,1-3H3,(H,24,27). The third-order valence-corrected chi connectivity index (χ3v) is 4.82. The van der Waals surface area contributed by atoms with Crippen LogP contribution in [0.2, 0.25) is 5.02 Å². The maximum atomic E-state index is 13.2. The number of methoxy groups -OCH3 is 1. The zero-order chi connectivity index (χ0) is 21.1. The topological polar surface area (TPSA) is 77.4 Å². The lowest BCUT2D eigenvalue weighted by atomic mass is 10.1. The molecule has 1 aromatic heterocycles. The van der Waals surface area contributed by atoms with E-state index in [1.165, 1.54) is 7.11 Å². The van der Waals surface area contributed by atoms with Gasteiger partial charge in [0, 0.05) is 28.6 Å². The molecule has 0 aliphatic rings. The third-order valence-electron chi connectivity index (χ3n) is 4.59. The molecule has 3 rings (SSSR count). The van der Waals surface area contributed by atoms with Crippen LogP contribution in [0.1, 0.15) is 29.9 Å². The summed E-state index contributed by atoms with van der Waals surface area (Å²) in [5.74, 6) is -1.16. The molecule has 1 N–H and O–H groups in total. The monoisotopic (exact) mass is 412 g/mol. The summed E-state index contributed by atoms with van der Waals surface area (Å²) >= 11 is 6.19. The predicted molar refractivity (Wildman–Crippen MR) is 113 cm³/mol. The van der Waals surface area contributed by atoms with Crippen LogP contribution >= 0.6 is 11.6 Å². The van der Waals surface area contributed by atoms with Crippen LogP contribution in [0, 0.1) is 5.92 Å². The molecule has 1 heterocycles. The van der Waals surface area contributed by atoms with Crippen LogP contribution < -0.4 is 10.7 Å². The number of aromatic nitrogens is 1. The van der Waals surface area contributed by atoms with Gasteiger partial charge in [-0.3, -0.25) is 9.59 Å². The molecule has 0 spiro atoms. The Hall–Kier alpha value is -3.12. The molecule has 2 aromatic carbocycles. The van der Waals surface area contributed by atoms with E-state index in [1.54, 1.807) is 36.6 Å². The molecule has 150 valence electrons. The fourth-order valence-electron chi connectivity index (χ4n) is 3.11. The molecule has 29 heavy (non-hydrogen) atoms. The van der Waals surface area contributed by atoms with E-state index in [4.69, 9.17) is 16.3 Å². The van der Waals surface area contributed by atoms with Gasteiger partial charge >= 0.3 is 5.97 Å². The highest BCUT2D eigenvalue weighted by Crippen LogP contribution is 2.25. The second-order valence-corrected chi connectivity index (χ2v) is 7.29. The summed E-state index contributed by atoms with van der Waals surface area (Å²) in [5, 5.41) is 3.54. The van der Waals surface area contributed by atoms with E-state index >= 15 is 0 Å². The number of benzene rings is 2. The van der Waals surface area contributed by atoms with E-state index in [-0.39, 0.29) is 35.1 Å². The summed E-state index contributed by atoms with van der Waals surface area (Å²) in [5.41, 5.74) is 1.00. The van der Waals surface area contributed by atoms with Crippen LogP contribution in [-0.4, -0.2) is 23.6 Å². The zero-order valence-electron chi connectivity index (χ0n) is 16.4. The van der Waals surface area contributed by atoms with Crippen molar-refractivity contribution in [2.45, 2.75) is 20.4 Å². The minimum atomic E-state index is -0.679. The molecular formula is C22H21ClN2O4. The van der Waals surface area contributed by atoms with E-state index in [9.17, 15) is 14.4 Å². The van der Waals surface area contributed by atoms with Crippen molar-refractivity contribution in [1.29, 1.82) is 0 Å².